The molecule has 2 fully saturated rings. The second-order valence-electron chi connectivity index (χ2n) is 5.59. The van der Waals surface area contributed by atoms with Gasteiger partial charge in [-0.3, -0.25) is 9.48 Å². The predicted molar refractivity (Wildman–Crippen MR) is 72.7 cm³/mol. The van der Waals surface area contributed by atoms with Crippen molar-refractivity contribution < 1.29 is 4.79 Å². The molecule has 6 nitrogen and oxygen atoms in total. The molecule has 6 heteroatoms. The molecular formula is C13H21N5O. The molecule has 3 rings (SSSR count). The lowest BCUT2D eigenvalue weighted by atomic mass is 9.97. The molecule has 3 N–H and O–H groups in total. The van der Waals surface area contributed by atoms with E-state index in [1.54, 1.807) is 10.9 Å². The maximum Gasteiger partial charge on any atom is 0.239 e. The summed E-state index contributed by atoms with van der Waals surface area (Å²) in [5.74, 6) is -0.367. The fourth-order valence-electron chi connectivity index (χ4n) is 3.28. The first-order valence-electron chi connectivity index (χ1n) is 7.02. The third kappa shape index (κ3) is 2.89. The van der Waals surface area contributed by atoms with Crippen LogP contribution in [0.1, 0.15) is 25.7 Å². The average molecular weight is 263 g/mol. The number of piperidine rings is 1. The van der Waals surface area contributed by atoms with E-state index < -0.39 is 0 Å². The van der Waals surface area contributed by atoms with Crippen molar-refractivity contribution in [3.63, 3.8) is 0 Å². The number of nitrogens with two attached hydrogens (primary N) is 1. The number of carbonyl (C=O) groups excluding carboxylic acids is 1. The Hall–Kier alpha value is -1.56. The van der Waals surface area contributed by atoms with Crippen LogP contribution in [0.25, 0.3) is 0 Å². The number of rotatable bonds is 4. The maximum atomic E-state index is 10.8. The third-order valence-corrected chi connectivity index (χ3v) is 4.14. The van der Waals surface area contributed by atoms with Gasteiger partial charge in [0.15, 0.2) is 0 Å². The molecule has 104 valence electrons. The van der Waals surface area contributed by atoms with Crippen LogP contribution in [-0.4, -0.2) is 45.8 Å². The summed E-state index contributed by atoms with van der Waals surface area (Å²) in [6.45, 7) is 2.61. The van der Waals surface area contributed by atoms with E-state index in [4.69, 9.17) is 5.73 Å². The quantitative estimate of drug-likeness (QED) is 0.825. The van der Waals surface area contributed by atoms with Crippen LogP contribution in [0.15, 0.2) is 12.4 Å². The van der Waals surface area contributed by atoms with Gasteiger partial charge in [0.25, 0.3) is 0 Å². The summed E-state index contributed by atoms with van der Waals surface area (Å²) in [7, 11) is 0. The van der Waals surface area contributed by atoms with Crippen molar-refractivity contribution in [2.75, 3.05) is 18.4 Å². The van der Waals surface area contributed by atoms with Crippen LogP contribution >= 0.6 is 0 Å². The molecule has 1 aromatic rings. The number of hydrogen-bond donors (Lipinski definition) is 2. The summed E-state index contributed by atoms with van der Waals surface area (Å²) in [5, 5.41) is 7.66. The highest BCUT2D eigenvalue weighted by Crippen LogP contribution is 2.28. The Labute approximate surface area is 112 Å². The monoisotopic (exact) mass is 263 g/mol. The van der Waals surface area contributed by atoms with E-state index in [1.807, 2.05) is 6.20 Å². The number of anilines is 1. The Kier molecular flexibility index (Phi) is 3.42. The number of carbonyl (C=O) groups is 1. The van der Waals surface area contributed by atoms with Crippen LogP contribution in [0.2, 0.25) is 0 Å². The Morgan fingerprint density at radius 2 is 2.37 bits per heavy atom. The third-order valence-electron chi connectivity index (χ3n) is 4.14. The van der Waals surface area contributed by atoms with Crippen molar-refractivity contribution in [2.24, 2.45) is 5.73 Å². The average Bonchev–Trinajstić information content (AvgIpc) is 2.97. The predicted octanol–water partition coefficient (Wildman–Crippen LogP) is 0.407. The fourth-order valence-corrected chi connectivity index (χ4v) is 3.28. The van der Waals surface area contributed by atoms with Gasteiger partial charge >= 0.3 is 0 Å². The second-order valence-corrected chi connectivity index (χ2v) is 5.59. The maximum absolute atomic E-state index is 10.8. The first-order chi connectivity index (χ1) is 9.20. The molecule has 1 amide bonds. The van der Waals surface area contributed by atoms with E-state index in [1.165, 1.54) is 38.8 Å². The Morgan fingerprint density at radius 3 is 3.21 bits per heavy atom. The van der Waals surface area contributed by atoms with Gasteiger partial charge in [0.05, 0.1) is 11.9 Å². The number of nitrogens with zero attached hydrogens (tertiary/aromatic N) is 3. The van der Waals surface area contributed by atoms with Crippen molar-refractivity contribution >= 4 is 11.6 Å². The number of primary amides is 1. The van der Waals surface area contributed by atoms with Gasteiger partial charge in [0, 0.05) is 24.8 Å². The van der Waals surface area contributed by atoms with Gasteiger partial charge < -0.3 is 16.0 Å². The lowest BCUT2D eigenvalue weighted by Crippen LogP contribution is -2.42. The van der Waals surface area contributed by atoms with Crippen molar-refractivity contribution in [2.45, 2.75) is 44.3 Å². The van der Waals surface area contributed by atoms with Crippen LogP contribution in [0.5, 0.6) is 0 Å². The Morgan fingerprint density at radius 1 is 1.47 bits per heavy atom. The lowest BCUT2D eigenvalue weighted by Gasteiger charge is -2.35. The Bertz CT molecular complexity index is 458. The summed E-state index contributed by atoms with van der Waals surface area (Å²) in [6, 6.07) is 1.28. The van der Waals surface area contributed by atoms with E-state index in [2.05, 4.69) is 15.3 Å². The fraction of sp³-hybridized carbons (Fsp3) is 0.692. The van der Waals surface area contributed by atoms with Gasteiger partial charge in [0.1, 0.15) is 6.54 Å². The van der Waals surface area contributed by atoms with Crippen LogP contribution in [0.3, 0.4) is 0 Å². The van der Waals surface area contributed by atoms with Crippen molar-refractivity contribution in [3.8, 4) is 0 Å². The minimum atomic E-state index is -0.367. The number of aromatic nitrogens is 2. The second kappa shape index (κ2) is 5.21. The Balaban J connectivity index is 1.56. The number of amides is 1. The zero-order valence-electron chi connectivity index (χ0n) is 11.1. The molecule has 2 aliphatic heterocycles. The van der Waals surface area contributed by atoms with E-state index in [0.717, 1.165) is 11.7 Å². The molecule has 2 atom stereocenters. The SMILES string of the molecule is NC(=O)Cn1cc(NC2CCN3CCCC3C2)cn1. The summed E-state index contributed by atoms with van der Waals surface area (Å²) in [4.78, 5) is 13.4. The van der Waals surface area contributed by atoms with E-state index in [-0.39, 0.29) is 12.5 Å². The summed E-state index contributed by atoms with van der Waals surface area (Å²) in [6.07, 6.45) is 8.68. The van der Waals surface area contributed by atoms with Crippen molar-refractivity contribution in [1.29, 1.82) is 0 Å². The van der Waals surface area contributed by atoms with Gasteiger partial charge in [-0.05, 0) is 32.2 Å². The summed E-state index contributed by atoms with van der Waals surface area (Å²) in [5.41, 5.74) is 6.13. The molecule has 0 spiro atoms. The number of fused-ring (bicyclic) bond motifs is 1. The standard InChI is InChI=1S/C13H21N5O/c14-13(19)9-18-8-11(7-15-18)16-10-3-5-17-4-1-2-12(17)6-10/h7-8,10,12,16H,1-6,9H2,(H2,14,19). The molecule has 2 unspecified atom stereocenters. The van der Waals surface area contributed by atoms with Gasteiger partial charge in [0.2, 0.25) is 5.91 Å². The van der Waals surface area contributed by atoms with Crippen LogP contribution in [0, 0.1) is 0 Å². The minimum absolute atomic E-state index is 0.142. The van der Waals surface area contributed by atoms with Crippen LogP contribution in [-0.2, 0) is 11.3 Å². The topological polar surface area (TPSA) is 76.2 Å². The highest BCUT2D eigenvalue weighted by atomic mass is 16.1. The van der Waals surface area contributed by atoms with E-state index in [0.29, 0.717) is 6.04 Å². The summed E-state index contributed by atoms with van der Waals surface area (Å²) < 4.78 is 1.58. The van der Waals surface area contributed by atoms with E-state index in [9.17, 15) is 4.79 Å². The van der Waals surface area contributed by atoms with E-state index >= 15 is 0 Å². The highest BCUT2D eigenvalue weighted by molar-refractivity contribution is 5.73. The molecular weight excluding hydrogens is 242 g/mol. The molecule has 0 saturated carbocycles. The molecule has 2 saturated heterocycles. The molecule has 1 aromatic heterocycles. The molecule has 0 aliphatic carbocycles. The highest BCUT2D eigenvalue weighted by Gasteiger charge is 2.31. The zero-order chi connectivity index (χ0) is 13.2. The molecule has 0 bridgehead atoms. The largest absolute Gasteiger partial charge is 0.380 e. The first-order valence-corrected chi connectivity index (χ1v) is 7.02. The minimum Gasteiger partial charge on any atom is -0.380 e. The van der Waals surface area contributed by atoms with Gasteiger partial charge in [-0.15, -0.1) is 0 Å². The van der Waals surface area contributed by atoms with Gasteiger partial charge in [-0.25, -0.2) is 0 Å². The summed E-state index contributed by atoms with van der Waals surface area (Å²) >= 11 is 0. The number of nitrogens with one attached hydrogen (secondary N) is 1. The zero-order valence-corrected chi connectivity index (χ0v) is 11.1. The van der Waals surface area contributed by atoms with Crippen LogP contribution in [0.4, 0.5) is 5.69 Å². The van der Waals surface area contributed by atoms with Gasteiger partial charge in [-0.1, -0.05) is 0 Å². The molecule has 2 aliphatic rings. The normalized spacial score (nSPS) is 27.2. The molecule has 19 heavy (non-hydrogen) atoms. The van der Waals surface area contributed by atoms with Gasteiger partial charge in [-0.2, -0.15) is 5.10 Å². The van der Waals surface area contributed by atoms with Crippen molar-refractivity contribution in [3.05, 3.63) is 12.4 Å². The first kappa shape index (κ1) is 12.5. The van der Waals surface area contributed by atoms with Crippen LogP contribution < -0.4 is 11.1 Å². The molecule has 0 aromatic carbocycles. The van der Waals surface area contributed by atoms with Crippen molar-refractivity contribution in [1.82, 2.24) is 14.7 Å². The molecule has 0 radical (unpaired) electrons. The number of hydrogen-bond acceptors (Lipinski definition) is 4. The lowest BCUT2D eigenvalue weighted by molar-refractivity contribution is -0.118. The smallest absolute Gasteiger partial charge is 0.239 e. The molecule has 3 heterocycles.